The van der Waals surface area contributed by atoms with E-state index in [-0.39, 0.29) is 11.1 Å². The third kappa shape index (κ3) is 4.09. The number of rotatable bonds is 5. The number of hydrogen-bond donors (Lipinski definition) is 3. The molecule has 1 unspecified atom stereocenters. The van der Waals surface area contributed by atoms with Gasteiger partial charge in [-0.1, -0.05) is 12.1 Å². The van der Waals surface area contributed by atoms with Gasteiger partial charge in [-0.3, -0.25) is 9.59 Å². The number of aliphatic hydroxyl groups excluding tert-OH is 1. The van der Waals surface area contributed by atoms with Crippen LogP contribution < -0.4 is 10.9 Å². The molecule has 1 aromatic carbocycles. The van der Waals surface area contributed by atoms with Gasteiger partial charge in [-0.15, -0.1) is 5.10 Å². The van der Waals surface area contributed by atoms with Gasteiger partial charge >= 0.3 is 6.18 Å². The summed E-state index contributed by atoms with van der Waals surface area (Å²) in [6.07, 6.45) is -3.33. The van der Waals surface area contributed by atoms with Crippen LogP contribution in [0.3, 0.4) is 0 Å². The number of halogens is 3. The highest BCUT2D eigenvalue weighted by molar-refractivity contribution is 5.97. The summed E-state index contributed by atoms with van der Waals surface area (Å²) in [7, 11) is 0. The molecule has 0 radical (unpaired) electrons. The average Bonchev–Trinajstić information content (AvgIpc) is 3.00. The molecule has 30 heavy (non-hydrogen) atoms. The van der Waals surface area contributed by atoms with Crippen LogP contribution in [0.25, 0.3) is 16.9 Å². The van der Waals surface area contributed by atoms with Crippen LogP contribution in [0.5, 0.6) is 0 Å². The number of aliphatic hydroxyl groups is 1. The van der Waals surface area contributed by atoms with E-state index in [1.807, 2.05) is 32.0 Å². The van der Waals surface area contributed by atoms with Crippen molar-refractivity contribution in [2.24, 2.45) is 5.92 Å². The van der Waals surface area contributed by atoms with Gasteiger partial charge in [0.05, 0.1) is 18.1 Å². The van der Waals surface area contributed by atoms with Gasteiger partial charge in [-0.05, 0) is 43.5 Å². The Balaban J connectivity index is 1.95. The van der Waals surface area contributed by atoms with E-state index in [4.69, 9.17) is 5.11 Å². The number of aromatic nitrogens is 3. The molecule has 2 aromatic heterocycles. The van der Waals surface area contributed by atoms with Crippen LogP contribution in [0.15, 0.2) is 29.2 Å². The molecule has 3 rings (SSSR count). The molecule has 1 amide bonds. The summed E-state index contributed by atoms with van der Waals surface area (Å²) in [6.45, 7) is 3.49. The Morgan fingerprint density at radius 1 is 1.27 bits per heavy atom. The molecule has 7 nitrogen and oxygen atoms in total. The summed E-state index contributed by atoms with van der Waals surface area (Å²) in [5, 5.41) is 15.4. The third-order valence-electron chi connectivity index (χ3n) is 5.11. The Labute approximate surface area is 169 Å². The molecule has 0 saturated carbocycles. The first-order chi connectivity index (χ1) is 14.0. The predicted octanol–water partition coefficient (Wildman–Crippen LogP) is 2.52. The number of benzene rings is 1. The molecular formula is C20H21F3N4O3. The molecule has 2 heterocycles. The van der Waals surface area contributed by atoms with Crippen LogP contribution in [0, 0.1) is 26.7 Å². The molecule has 0 spiro atoms. The highest BCUT2D eigenvalue weighted by atomic mass is 19.4. The molecule has 3 aromatic rings. The average molecular weight is 422 g/mol. The van der Waals surface area contributed by atoms with E-state index in [0.29, 0.717) is 17.0 Å². The molecule has 0 aliphatic carbocycles. The first-order valence-corrected chi connectivity index (χ1v) is 9.18. The number of nitrogens with zero attached hydrogens (tertiary/aromatic N) is 2. The van der Waals surface area contributed by atoms with Gasteiger partial charge in [0.25, 0.3) is 11.5 Å². The lowest BCUT2D eigenvalue weighted by Gasteiger charge is -2.18. The fourth-order valence-electron chi connectivity index (χ4n) is 3.08. The first-order valence-electron chi connectivity index (χ1n) is 9.18. The number of hydrogen-bond acceptors (Lipinski definition) is 4. The van der Waals surface area contributed by atoms with E-state index >= 15 is 0 Å². The topological polar surface area (TPSA) is 99.5 Å². The lowest BCUT2D eigenvalue weighted by Crippen LogP contribution is -2.38. The summed E-state index contributed by atoms with van der Waals surface area (Å²) in [6, 6.07) is 5.57. The normalized spacial score (nSPS) is 12.9. The van der Waals surface area contributed by atoms with Crippen LogP contribution in [-0.4, -0.2) is 44.9 Å². The molecule has 160 valence electrons. The lowest BCUT2D eigenvalue weighted by atomic mass is 10.1. The van der Waals surface area contributed by atoms with Gasteiger partial charge in [0, 0.05) is 18.3 Å². The second kappa shape index (κ2) is 7.94. The van der Waals surface area contributed by atoms with Crippen LogP contribution >= 0.6 is 0 Å². The van der Waals surface area contributed by atoms with Crippen molar-refractivity contribution in [1.29, 1.82) is 0 Å². The Morgan fingerprint density at radius 2 is 1.97 bits per heavy atom. The highest BCUT2D eigenvalue weighted by Crippen LogP contribution is 2.25. The molecule has 0 fully saturated rings. The minimum Gasteiger partial charge on any atom is -0.396 e. The zero-order valence-corrected chi connectivity index (χ0v) is 16.6. The van der Waals surface area contributed by atoms with E-state index in [1.54, 1.807) is 0 Å². The van der Waals surface area contributed by atoms with E-state index in [1.165, 1.54) is 17.6 Å². The highest BCUT2D eigenvalue weighted by Gasteiger charge is 2.39. The van der Waals surface area contributed by atoms with Gasteiger partial charge in [0.15, 0.2) is 5.82 Å². The SMILES string of the molecule is Cc1ccc(-c2nn3cc(C(=O)NCC(CO)C(F)(F)F)c(C)c3c(=O)[nH]2)cc1C. The van der Waals surface area contributed by atoms with Crippen LogP contribution in [0.1, 0.15) is 27.0 Å². The summed E-state index contributed by atoms with van der Waals surface area (Å²) in [5.41, 5.74) is 2.76. The number of carbonyl (C=O) groups is 1. The zero-order valence-electron chi connectivity index (χ0n) is 16.6. The van der Waals surface area contributed by atoms with Crippen molar-refractivity contribution in [2.75, 3.05) is 13.2 Å². The fraction of sp³-hybridized carbons (Fsp3) is 0.350. The van der Waals surface area contributed by atoms with Gasteiger partial charge in [-0.2, -0.15) is 13.2 Å². The molecule has 3 N–H and O–H groups in total. The first kappa shape index (κ1) is 21.6. The molecule has 0 bridgehead atoms. The van der Waals surface area contributed by atoms with Gasteiger partial charge in [-0.25, -0.2) is 4.52 Å². The molecule has 1 atom stereocenters. The summed E-state index contributed by atoms with van der Waals surface area (Å²) in [5.74, 6) is -2.56. The van der Waals surface area contributed by atoms with Crippen molar-refractivity contribution in [2.45, 2.75) is 26.9 Å². The van der Waals surface area contributed by atoms with Gasteiger partial charge in [0.2, 0.25) is 0 Å². The van der Waals surface area contributed by atoms with Crippen LogP contribution in [0.4, 0.5) is 13.2 Å². The Kier molecular flexibility index (Phi) is 5.71. The van der Waals surface area contributed by atoms with Crippen molar-refractivity contribution >= 4 is 11.4 Å². The van der Waals surface area contributed by atoms with Crippen molar-refractivity contribution < 1.29 is 23.1 Å². The second-order valence-corrected chi connectivity index (χ2v) is 7.19. The number of alkyl halides is 3. The maximum absolute atomic E-state index is 12.8. The van der Waals surface area contributed by atoms with Crippen LogP contribution in [0.2, 0.25) is 0 Å². The van der Waals surface area contributed by atoms with Crippen molar-refractivity contribution in [3.05, 3.63) is 57.0 Å². The molecule has 10 heteroatoms. The summed E-state index contributed by atoms with van der Waals surface area (Å²) in [4.78, 5) is 27.7. The number of H-pyrrole nitrogens is 1. The van der Waals surface area contributed by atoms with Gasteiger partial charge in [0.1, 0.15) is 5.52 Å². The van der Waals surface area contributed by atoms with E-state index < -0.39 is 36.7 Å². The van der Waals surface area contributed by atoms with Crippen molar-refractivity contribution in [3.63, 3.8) is 0 Å². The van der Waals surface area contributed by atoms with Crippen molar-refractivity contribution in [1.82, 2.24) is 19.9 Å². The second-order valence-electron chi connectivity index (χ2n) is 7.19. The lowest BCUT2D eigenvalue weighted by molar-refractivity contribution is -0.181. The quantitative estimate of drug-likeness (QED) is 0.588. The predicted molar refractivity (Wildman–Crippen MR) is 104 cm³/mol. The summed E-state index contributed by atoms with van der Waals surface area (Å²) >= 11 is 0. The van der Waals surface area contributed by atoms with E-state index in [2.05, 4.69) is 15.4 Å². The maximum atomic E-state index is 12.8. The van der Waals surface area contributed by atoms with E-state index in [0.717, 1.165) is 11.1 Å². The molecule has 0 aliphatic rings. The third-order valence-corrected chi connectivity index (χ3v) is 5.11. The minimum atomic E-state index is -4.64. The number of fused-ring (bicyclic) bond motifs is 1. The smallest absolute Gasteiger partial charge is 0.395 e. The Hall–Kier alpha value is -3.14. The Morgan fingerprint density at radius 3 is 2.57 bits per heavy atom. The molecular weight excluding hydrogens is 401 g/mol. The number of aromatic amines is 1. The standard InChI is InChI=1S/C20H21F3N4O3/c1-10-4-5-13(6-11(10)2)17-25-19(30)16-12(3)15(8-27(16)26-17)18(29)24-7-14(9-28)20(21,22)23/h4-6,8,14,28H,7,9H2,1-3H3,(H,24,29)(H,25,26,30). The Bertz CT molecular complexity index is 1160. The number of carbonyl (C=O) groups excluding carboxylic acids is 1. The molecule has 0 aliphatic heterocycles. The van der Waals surface area contributed by atoms with Gasteiger partial charge < -0.3 is 15.4 Å². The maximum Gasteiger partial charge on any atom is 0.395 e. The minimum absolute atomic E-state index is 0.0316. The van der Waals surface area contributed by atoms with E-state index in [9.17, 15) is 22.8 Å². The fourth-order valence-corrected chi connectivity index (χ4v) is 3.08. The zero-order chi connectivity index (χ0) is 22.2. The monoisotopic (exact) mass is 422 g/mol. The number of nitrogens with one attached hydrogen (secondary N) is 2. The van der Waals surface area contributed by atoms with Crippen molar-refractivity contribution in [3.8, 4) is 11.4 Å². The number of amides is 1. The van der Waals surface area contributed by atoms with Crippen LogP contribution in [-0.2, 0) is 0 Å². The largest absolute Gasteiger partial charge is 0.396 e. The molecule has 0 saturated heterocycles. The summed E-state index contributed by atoms with van der Waals surface area (Å²) < 4.78 is 39.5. The number of aryl methyl sites for hydroxylation is 3.